The normalized spacial score (nSPS) is 27.0. The number of hydrogen-bond acceptors (Lipinski definition) is 2. The second kappa shape index (κ2) is 3.29. The van der Waals surface area contributed by atoms with E-state index < -0.39 is 0 Å². The fraction of sp³-hybridized carbons (Fsp3) is 0.400. The number of benzene rings is 1. The van der Waals surface area contributed by atoms with Crippen LogP contribution in [0.5, 0.6) is 0 Å². The minimum atomic E-state index is -0.0268. The first-order valence-electron chi connectivity index (χ1n) is 4.34. The van der Waals surface area contributed by atoms with Crippen LogP contribution in [0, 0.1) is 0 Å². The highest BCUT2D eigenvalue weighted by atomic mass is 35.5. The van der Waals surface area contributed by atoms with Crippen molar-refractivity contribution in [2.45, 2.75) is 25.7 Å². The Morgan fingerprint density at radius 2 is 2.31 bits per heavy atom. The molecule has 2 N–H and O–H groups in total. The molecular weight excluding hydrogens is 186 g/mol. The topological polar surface area (TPSA) is 35.2 Å². The molecule has 0 saturated carbocycles. The summed E-state index contributed by atoms with van der Waals surface area (Å²) in [5, 5.41) is 0.740. The Morgan fingerprint density at radius 3 is 3.08 bits per heavy atom. The van der Waals surface area contributed by atoms with Crippen LogP contribution >= 0.6 is 11.6 Å². The zero-order valence-electron chi connectivity index (χ0n) is 7.46. The Balaban J connectivity index is 2.44. The molecule has 3 heteroatoms. The van der Waals surface area contributed by atoms with Crippen molar-refractivity contribution in [3.63, 3.8) is 0 Å². The Morgan fingerprint density at radius 1 is 1.54 bits per heavy atom. The molecule has 0 radical (unpaired) electrons. The molecule has 0 spiro atoms. The van der Waals surface area contributed by atoms with Gasteiger partial charge < -0.3 is 10.5 Å². The molecule has 1 aromatic rings. The van der Waals surface area contributed by atoms with E-state index in [9.17, 15) is 0 Å². The van der Waals surface area contributed by atoms with Gasteiger partial charge in [0.05, 0.1) is 18.8 Å². The van der Waals surface area contributed by atoms with Crippen molar-refractivity contribution in [2.24, 2.45) is 5.73 Å². The zero-order chi connectivity index (χ0) is 9.42. The van der Waals surface area contributed by atoms with E-state index in [1.165, 1.54) is 0 Å². The Labute approximate surface area is 82.6 Å². The zero-order valence-corrected chi connectivity index (χ0v) is 8.21. The van der Waals surface area contributed by atoms with E-state index >= 15 is 0 Å². The predicted octanol–water partition coefficient (Wildman–Crippen LogP) is 2.26. The van der Waals surface area contributed by atoms with Gasteiger partial charge in [0.15, 0.2) is 0 Å². The van der Waals surface area contributed by atoms with Gasteiger partial charge in [0, 0.05) is 5.02 Å². The van der Waals surface area contributed by atoms with E-state index in [0.717, 1.165) is 16.1 Å². The fourth-order valence-corrected chi connectivity index (χ4v) is 1.80. The second-order valence-corrected chi connectivity index (χ2v) is 3.82. The highest BCUT2D eigenvalue weighted by Gasteiger charge is 2.23. The quantitative estimate of drug-likeness (QED) is 0.693. The highest BCUT2D eigenvalue weighted by molar-refractivity contribution is 6.30. The molecule has 1 aliphatic rings. The average molecular weight is 198 g/mol. The molecule has 0 amide bonds. The lowest BCUT2D eigenvalue weighted by molar-refractivity contribution is 0.0214. The molecule has 1 unspecified atom stereocenters. The standard InChI is InChI=1S/C10H12ClNO/c1-6-10(12)9-3-2-8(11)4-7(9)5-13-6/h2-4,6,10H,5,12H2,1H3/t6-,10?/m1/s1. The maximum Gasteiger partial charge on any atom is 0.0744 e. The predicted molar refractivity (Wildman–Crippen MR) is 52.6 cm³/mol. The van der Waals surface area contributed by atoms with E-state index in [1.807, 2.05) is 25.1 Å². The van der Waals surface area contributed by atoms with Crippen LogP contribution in [-0.2, 0) is 11.3 Å². The van der Waals surface area contributed by atoms with Crippen LogP contribution in [0.1, 0.15) is 24.1 Å². The lowest BCUT2D eigenvalue weighted by Crippen LogP contribution is -2.31. The minimum absolute atomic E-state index is 0.0268. The van der Waals surface area contributed by atoms with Gasteiger partial charge in [-0.05, 0) is 30.2 Å². The van der Waals surface area contributed by atoms with Crippen LogP contribution in [0.3, 0.4) is 0 Å². The number of nitrogens with two attached hydrogens (primary N) is 1. The molecule has 1 heterocycles. The lowest BCUT2D eigenvalue weighted by Gasteiger charge is -2.28. The lowest BCUT2D eigenvalue weighted by atomic mass is 9.95. The SMILES string of the molecule is C[C@H]1OCc2cc(Cl)ccc2C1N. The monoisotopic (exact) mass is 197 g/mol. The van der Waals surface area contributed by atoms with Crippen LogP contribution in [0.2, 0.25) is 5.02 Å². The molecule has 0 saturated heterocycles. The summed E-state index contributed by atoms with van der Waals surface area (Å²) in [5.41, 5.74) is 8.24. The van der Waals surface area contributed by atoms with Crippen LogP contribution in [0.4, 0.5) is 0 Å². The summed E-state index contributed by atoms with van der Waals surface area (Å²) in [6.07, 6.45) is 0.0914. The molecule has 0 aromatic heterocycles. The molecule has 2 nitrogen and oxygen atoms in total. The van der Waals surface area contributed by atoms with E-state index in [2.05, 4.69) is 0 Å². The molecule has 13 heavy (non-hydrogen) atoms. The fourth-order valence-electron chi connectivity index (χ4n) is 1.60. The van der Waals surface area contributed by atoms with Crippen molar-refractivity contribution in [3.8, 4) is 0 Å². The third-order valence-electron chi connectivity index (χ3n) is 2.47. The summed E-state index contributed by atoms with van der Waals surface area (Å²) in [4.78, 5) is 0. The molecule has 0 fully saturated rings. The van der Waals surface area contributed by atoms with Crippen molar-refractivity contribution >= 4 is 11.6 Å². The van der Waals surface area contributed by atoms with Crippen LogP contribution in [0.25, 0.3) is 0 Å². The van der Waals surface area contributed by atoms with Crippen LogP contribution < -0.4 is 5.73 Å². The third-order valence-corrected chi connectivity index (χ3v) is 2.71. The summed E-state index contributed by atoms with van der Waals surface area (Å²) in [6.45, 7) is 2.60. The van der Waals surface area contributed by atoms with E-state index in [4.69, 9.17) is 22.1 Å². The number of fused-ring (bicyclic) bond motifs is 1. The Hall–Kier alpha value is -0.570. The maximum atomic E-state index is 5.97. The van der Waals surface area contributed by atoms with Crippen LogP contribution in [-0.4, -0.2) is 6.10 Å². The van der Waals surface area contributed by atoms with Gasteiger partial charge in [-0.25, -0.2) is 0 Å². The molecule has 1 aromatic carbocycles. The van der Waals surface area contributed by atoms with Crippen LogP contribution in [0.15, 0.2) is 18.2 Å². The highest BCUT2D eigenvalue weighted by Crippen LogP contribution is 2.29. The number of hydrogen-bond donors (Lipinski definition) is 1. The van der Waals surface area contributed by atoms with Crippen molar-refractivity contribution in [1.29, 1.82) is 0 Å². The van der Waals surface area contributed by atoms with Gasteiger partial charge in [-0.1, -0.05) is 17.7 Å². The smallest absolute Gasteiger partial charge is 0.0744 e. The van der Waals surface area contributed by atoms with Gasteiger partial charge in [-0.3, -0.25) is 0 Å². The number of rotatable bonds is 0. The van der Waals surface area contributed by atoms with Gasteiger partial charge in [-0.15, -0.1) is 0 Å². The van der Waals surface area contributed by atoms with Crippen molar-refractivity contribution in [1.82, 2.24) is 0 Å². The first-order chi connectivity index (χ1) is 6.18. The van der Waals surface area contributed by atoms with Crippen molar-refractivity contribution in [3.05, 3.63) is 34.3 Å². The average Bonchev–Trinajstić information content (AvgIpc) is 2.12. The molecule has 2 atom stereocenters. The van der Waals surface area contributed by atoms with Gasteiger partial charge in [0.2, 0.25) is 0 Å². The van der Waals surface area contributed by atoms with Gasteiger partial charge >= 0.3 is 0 Å². The van der Waals surface area contributed by atoms with Gasteiger partial charge in [-0.2, -0.15) is 0 Å². The van der Waals surface area contributed by atoms with Crippen molar-refractivity contribution in [2.75, 3.05) is 0 Å². The van der Waals surface area contributed by atoms with E-state index in [-0.39, 0.29) is 12.1 Å². The summed E-state index contributed by atoms with van der Waals surface area (Å²) in [5.74, 6) is 0. The molecule has 1 aliphatic heterocycles. The largest absolute Gasteiger partial charge is 0.372 e. The minimum Gasteiger partial charge on any atom is -0.372 e. The summed E-state index contributed by atoms with van der Waals surface area (Å²) >= 11 is 5.86. The summed E-state index contributed by atoms with van der Waals surface area (Å²) in [6, 6.07) is 5.75. The number of ether oxygens (including phenoxy) is 1. The van der Waals surface area contributed by atoms with Crippen molar-refractivity contribution < 1.29 is 4.74 Å². The Bertz CT molecular complexity index is 327. The van der Waals surface area contributed by atoms with Gasteiger partial charge in [0.1, 0.15) is 0 Å². The molecule has 0 bridgehead atoms. The first kappa shape index (κ1) is 9.00. The third kappa shape index (κ3) is 1.57. The summed E-state index contributed by atoms with van der Waals surface area (Å²) < 4.78 is 5.49. The molecule has 0 aliphatic carbocycles. The summed E-state index contributed by atoms with van der Waals surface area (Å²) in [7, 11) is 0. The molecular formula is C10H12ClNO. The maximum absolute atomic E-state index is 5.97. The first-order valence-corrected chi connectivity index (χ1v) is 4.72. The van der Waals surface area contributed by atoms with E-state index in [0.29, 0.717) is 6.61 Å². The number of halogens is 1. The molecule has 2 rings (SSSR count). The Kier molecular flexibility index (Phi) is 2.28. The van der Waals surface area contributed by atoms with Gasteiger partial charge in [0.25, 0.3) is 0 Å². The second-order valence-electron chi connectivity index (χ2n) is 3.39. The van der Waals surface area contributed by atoms with E-state index in [1.54, 1.807) is 0 Å². The molecule has 70 valence electrons.